The number of carbonyl (C=O) groups is 1. The number of rotatable bonds is 3. The van der Waals surface area contributed by atoms with Crippen LogP contribution in [-0.4, -0.2) is 19.0 Å². The van der Waals surface area contributed by atoms with Crippen molar-refractivity contribution in [1.29, 1.82) is 5.26 Å². The molecule has 20 heavy (non-hydrogen) atoms. The van der Waals surface area contributed by atoms with Gasteiger partial charge in [0.05, 0.1) is 22.0 Å². The lowest BCUT2D eigenvalue weighted by molar-refractivity contribution is -0.117. The molecule has 1 amide bonds. The Kier molecular flexibility index (Phi) is 3.99. The van der Waals surface area contributed by atoms with Crippen molar-refractivity contribution in [3.05, 3.63) is 33.2 Å². The lowest BCUT2D eigenvalue weighted by atomic mass is 10.1. The Morgan fingerprint density at radius 2 is 2.40 bits per heavy atom. The summed E-state index contributed by atoms with van der Waals surface area (Å²) in [4.78, 5) is 16.2. The van der Waals surface area contributed by atoms with E-state index in [0.29, 0.717) is 18.7 Å². The number of nitrogens with two attached hydrogens (primary N) is 1. The highest BCUT2D eigenvalue weighted by Gasteiger charge is 2.31. The van der Waals surface area contributed by atoms with Gasteiger partial charge in [0.1, 0.15) is 6.07 Å². The molecule has 1 atom stereocenters. The summed E-state index contributed by atoms with van der Waals surface area (Å²) < 4.78 is 0. The number of nitrogens with zero attached hydrogens (tertiary/aromatic N) is 5. The molecule has 0 bridgehead atoms. The molecule has 1 fully saturated rings. The molecule has 1 aromatic rings. The number of halogens is 1. The molecule has 0 aromatic heterocycles. The van der Waals surface area contributed by atoms with Gasteiger partial charge in [-0.15, -0.1) is 0 Å². The standard InChI is InChI=1S/C12H11ClN6O/c13-9-1-2-10(12(15)8(9)4-14)19-6-7(3-11(19)20)5-17-18-16/h1-2,7H,3,5-6,15H2. The van der Waals surface area contributed by atoms with Crippen LogP contribution in [0.2, 0.25) is 5.02 Å². The predicted octanol–water partition coefficient (Wildman–Crippen LogP) is 2.46. The number of anilines is 2. The topological polar surface area (TPSA) is 119 Å². The zero-order chi connectivity index (χ0) is 14.7. The van der Waals surface area contributed by atoms with Crippen LogP contribution < -0.4 is 10.6 Å². The first-order valence-corrected chi connectivity index (χ1v) is 6.25. The number of amides is 1. The highest BCUT2D eigenvalue weighted by molar-refractivity contribution is 6.32. The third kappa shape index (κ3) is 2.48. The van der Waals surface area contributed by atoms with Gasteiger partial charge in [0.2, 0.25) is 5.91 Å². The molecule has 0 aliphatic carbocycles. The highest BCUT2D eigenvalue weighted by Crippen LogP contribution is 2.34. The van der Waals surface area contributed by atoms with Gasteiger partial charge in [0.15, 0.2) is 0 Å². The van der Waals surface area contributed by atoms with Crippen LogP contribution in [0.1, 0.15) is 12.0 Å². The smallest absolute Gasteiger partial charge is 0.227 e. The Labute approximate surface area is 120 Å². The van der Waals surface area contributed by atoms with E-state index in [2.05, 4.69) is 10.0 Å². The molecule has 1 aliphatic heterocycles. The Morgan fingerprint density at radius 3 is 3.05 bits per heavy atom. The van der Waals surface area contributed by atoms with Gasteiger partial charge in [-0.05, 0) is 23.6 Å². The van der Waals surface area contributed by atoms with Crippen molar-refractivity contribution in [1.82, 2.24) is 0 Å². The van der Waals surface area contributed by atoms with Crippen molar-refractivity contribution < 1.29 is 4.79 Å². The average Bonchev–Trinajstić information content (AvgIpc) is 2.78. The summed E-state index contributed by atoms with van der Waals surface area (Å²) in [5.41, 5.74) is 15.0. The minimum absolute atomic E-state index is 0.0426. The number of carbonyl (C=O) groups excluding carboxylic acids is 1. The minimum atomic E-state index is -0.110. The zero-order valence-electron chi connectivity index (χ0n) is 10.5. The molecular weight excluding hydrogens is 280 g/mol. The van der Waals surface area contributed by atoms with Crippen molar-refractivity contribution in [2.24, 2.45) is 11.0 Å². The molecule has 1 heterocycles. The van der Waals surface area contributed by atoms with Gasteiger partial charge >= 0.3 is 0 Å². The van der Waals surface area contributed by atoms with E-state index >= 15 is 0 Å². The lowest BCUT2D eigenvalue weighted by Gasteiger charge is -2.19. The average molecular weight is 291 g/mol. The van der Waals surface area contributed by atoms with E-state index < -0.39 is 0 Å². The maximum absolute atomic E-state index is 12.0. The summed E-state index contributed by atoms with van der Waals surface area (Å²) in [5, 5.41) is 12.8. The quantitative estimate of drug-likeness (QED) is 0.398. The Balaban J connectivity index is 2.31. The minimum Gasteiger partial charge on any atom is -0.396 e. The van der Waals surface area contributed by atoms with Crippen molar-refractivity contribution >= 4 is 28.9 Å². The van der Waals surface area contributed by atoms with Crippen molar-refractivity contribution in [2.75, 3.05) is 23.7 Å². The van der Waals surface area contributed by atoms with Gasteiger partial charge in [-0.25, -0.2) is 0 Å². The third-order valence-corrected chi connectivity index (χ3v) is 3.50. The summed E-state index contributed by atoms with van der Waals surface area (Å²) in [7, 11) is 0. The first-order valence-electron chi connectivity index (χ1n) is 5.87. The molecule has 1 aromatic carbocycles. The normalized spacial score (nSPS) is 17.7. The maximum atomic E-state index is 12.0. The number of nitriles is 1. The molecule has 2 N–H and O–H groups in total. The SMILES string of the molecule is N#Cc1c(Cl)ccc(N2CC(CN=[N+]=[N-])CC2=O)c1N. The number of hydrogen-bond acceptors (Lipinski definition) is 4. The van der Waals surface area contributed by atoms with Crippen LogP contribution in [0, 0.1) is 17.2 Å². The van der Waals surface area contributed by atoms with Crippen LogP contribution in [0.15, 0.2) is 17.2 Å². The summed E-state index contributed by atoms with van der Waals surface area (Å²) in [5.74, 6) is -0.153. The number of azide groups is 1. The molecule has 1 aliphatic rings. The monoisotopic (exact) mass is 290 g/mol. The second-order valence-corrected chi connectivity index (χ2v) is 4.86. The molecule has 7 nitrogen and oxygen atoms in total. The molecule has 0 saturated carbocycles. The molecule has 0 spiro atoms. The van der Waals surface area contributed by atoms with Crippen LogP contribution in [-0.2, 0) is 4.79 Å². The Morgan fingerprint density at radius 1 is 1.65 bits per heavy atom. The fourth-order valence-corrected chi connectivity index (χ4v) is 2.43. The molecule has 1 unspecified atom stereocenters. The predicted molar refractivity (Wildman–Crippen MR) is 75.1 cm³/mol. The molecule has 8 heteroatoms. The summed E-state index contributed by atoms with van der Waals surface area (Å²) in [6, 6.07) is 5.09. The largest absolute Gasteiger partial charge is 0.396 e. The summed E-state index contributed by atoms with van der Waals surface area (Å²) in [6.07, 6.45) is 0.295. The molecule has 0 radical (unpaired) electrons. The van der Waals surface area contributed by atoms with Gasteiger partial charge in [-0.2, -0.15) is 5.26 Å². The van der Waals surface area contributed by atoms with Crippen LogP contribution in [0.25, 0.3) is 10.4 Å². The van der Waals surface area contributed by atoms with E-state index in [1.165, 1.54) is 4.90 Å². The van der Waals surface area contributed by atoms with E-state index in [0.717, 1.165) is 0 Å². The maximum Gasteiger partial charge on any atom is 0.227 e. The first kappa shape index (κ1) is 14.0. The van der Waals surface area contributed by atoms with Gasteiger partial charge < -0.3 is 10.6 Å². The van der Waals surface area contributed by atoms with Crippen LogP contribution in [0.4, 0.5) is 11.4 Å². The number of benzene rings is 1. The van der Waals surface area contributed by atoms with E-state index in [1.807, 2.05) is 6.07 Å². The van der Waals surface area contributed by atoms with E-state index in [4.69, 9.17) is 28.1 Å². The van der Waals surface area contributed by atoms with Crippen molar-refractivity contribution in [3.8, 4) is 6.07 Å². The van der Waals surface area contributed by atoms with Gasteiger partial charge in [0, 0.05) is 24.4 Å². The third-order valence-electron chi connectivity index (χ3n) is 3.18. The molecular formula is C12H11ClN6O. The first-order chi connectivity index (χ1) is 9.58. The number of nitrogen functional groups attached to an aromatic ring is 1. The summed E-state index contributed by atoms with van der Waals surface area (Å²) >= 11 is 5.88. The number of hydrogen-bond donors (Lipinski definition) is 1. The van der Waals surface area contributed by atoms with E-state index in [1.54, 1.807) is 12.1 Å². The Bertz CT molecular complexity index is 646. The van der Waals surface area contributed by atoms with Gasteiger partial charge in [0.25, 0.3) is 0 Å². The zero-order valence-corrected chi connectivity index (χ0v) is 11.2. The van der Waals surface area contributed by atoms with Crippen molar-refractivity contribution in [2.45, 2.75) is 6.42 Å². The lowest BCUT2D eigenvalue weighted by Crippen LogP contribution is -2.26. The van der Waals surface area contributed by atoms with Crippen molar-refractivity contribution in [3.63, 3.8) is 0 Å². The van der Waals surface area contributed by atoms with E-state index in [9.17, 15) is 4.79 Å². The highest BCUT2D eigenvalue weighted by atomic mass is 35.5. The van der Waals surface area contributed by atoms with Gasteiger partial charge in [-0.3, -0.25) is 4.79 Å². The second kappa shape index (κ2) is 5.70. The summed E-state index contributed by atoms with van der Waals surface area (Å²) in [6.45, 7) is 0.673. The molecule has 1 saturated heterocycles. The van der Waals surface area contributed by atoms with Crippen LogP contribution in [0.5, 0.6) is 0 Å². The second-order valence-electron chi connectivity index (χ2n) is 4.45. The van der Waals surface area contributed by atoms with E-state index in [-0.39, 0.29) is 34.6 Å². The van der Waals surface area contributed by atoms with Gasteiger partial charge in [-0.1, -0.05) is 16.7 Å². The molecule has 2 rings (SSSR count). The fraction of sp³-hybridized carbons (Fsp3) is 0.333. The molecule has 102 valence electrons. The van der Waals surface area contributed by atoms with Crippen LogP contribution in [0.3, 0.4) is 0 Å². The Hall–Kier alpha value is -2.42. The van der Waals surface area contributed by atoms with Crippen LogP contribution >= 0.6 is 11.6 Å². The fourth-order valence-electron chi connectivity index (χ4n) is 2.22.